The summed E-state index contributed by atoms with van der Waals surface area (Å²) in [6.45, 7) is 3.38. The van der Waals surface area contributed by atoms with Gasteiger partial charge < -0.3 is 4.90 Å². The van der Waals surface area contributed by atoms with Gasteiger partial charge in [0.05, 0.1) is 11.4 Å². The van der Waals surface area contributed by atoms with Gasteiger partial charge in [-0.15, -0.1) is 11.3 Å². The third kappa shape index (κ3) is 3.76. The minimum absolute atomic E-state index is 0.0832. The van der Waals surface area contributed by atoms with Crippen molar-refractivity contribution in [2.75, 3.05) is 9.80 Å². The zero-order valence-corrected chi connectivity index (χ0v) is 17.4. The molecule has 2 aromatic carbocycles. The number of aromatic nitrogens is 1. The molecule has 0 aliphatic carbocycles. The summed E-state index contributed by atoms with van der Waals surface area (Å²) < 4.78 is 14.2. The fourth-order valence-corrected chi connectivity index (χ4v) is 4.48. The van der Waals surface area contributed by atoms with Gasteiger partial charge >= 0.3 is 0 Å². The van der Waals surface area contributed by atoms with E-state index in [1.165, 1.54) is 41.4 Å². The Kier molecular flexibility index (Phi) is 5.46. The predicted molar refractivity (Wildman–Crippen MR) is 117 cm³/mol. The summed E-state index contributed by atoms with van der Waals surface area (Å²) in [7, 11) is 0. The number of halogens is 1. The minimum Gasteiger partial charge on any atom is -0.305 e. The molecule has 2 amide bonds. The van der Waals surface area contributed by atoms with E-state index in [0.717, 1.165) is 17.7 Å². The van der Waals surface area contributed by atoms with Crippen molar-refractivity contribution < 1.29 is 14.0 Å². The van der Waals surface area contributed by atoms with Crippen molar-refractivity contribution in [3.8, 4) is 0 Å². The van der Waals surface area contributed by atoms with Crippen molar-refractivity contribution >= 4 is 45.7 Å². The maximum atomic E-state index is 14.2. The number of para-hydroxylation sites is 2. The second kappa shape index (κ2) is 8.20. The summed E-state index contributed by atoms with van der Waals surface area (Å²) in [6.07, 6.45) is 3.93. The van der Waals surface area contributed by atoms with Gasteiger partial charge in [-0.25, -0.2) is 9.37 Å². The third-order valence-corrected chi connectivity index (χ3v) is 5.79. The Morgan fingerprint density at radius 1 is 1.20 bits per heavy atom. The first-order valence-electron chi connectivity index (χ1n) is 9.55. The molecule has 1 aliphatic rings. The summed E-state index contributed by atoms with van der Waals surface area (Å²) in [6, 6.07) is 14.0. The summed E-state index contributed by atoms with van der Waals surface area (Å²) in [5, 5.41) is 2.08. The lowest BCUT2D eigenvalue weighted by atomic mass is 10.1. The van der Waals surface area contributed by atoms with Gasteiger partial charge in [0.2, 0.25) is 5.91 Å². The van der Waals surface area contributed by atoms with Crippen LogP contribution in [0.5, 0.6) is 0 Å². The number of carbonyl (C=O) groups excluding carboxylic acids is 2. The van der Waals surface area contributed by atoms with E-state index in [0.29, 0.717) is 10.8 Å². The molecule has 0 saturated carbocycles. The average Bonchev–Trinajstić information content (AvgIpc) is 3.31. The quantitative estimate of drug-likeness (QED) is 0.560. The third-order valence-electron chi connectivity index (χ3n) is 4.95. The number of nitrogens with zero attached hydrogens (tertiary/aromatic N) is 3. The van der Waals surface area contributed by atoms with E-state index in [1.54, 1.807) is 28.5 Å². The predicted octanol–water partition coefficient (Wildman–Crippen LogP) is 4.96. The van der Waals surface area contributed by atoms with E-state index in [2.05, 4.69) is 4.98 Å². The molecule has 1 aromatic heterocycles. The first kappa shape index (κ1) is 20.0. The minimum atomic E-state index is -0.503. The maximum absolute atomic E-state index is 14.2. The number of rotatable bonds is 4. The van der Waals surface area contributed by atoms with E-state index in [-0.39, 0.29) is 23.5 Å². The molecule has 0 radical (unpaired) electrons. The van der Waals surface area contributed by atoms with Gasteiger partial charge in [0, 0.05) is 30.1 Å². The smallest absolute Gasteiger partial charge is 0.251 e. The van der Waals surface area contributed by atoms with Crippen LogP contribution < -0.4 is 9.80 Å². The van der Waals surface area contributed by atoms with E-state index in [1.807, 2.05) is 31.2 Å². The van der Waals surface area contributed by atoms with E-state index in [4.69, 9.17) is 0 Å². The number of benzene rings is 2. The lowest BCUT2D eigenvalue weighted by Crippen LogP contribution is -2.34. The first-order chi connectivity index (χ1) is 14.5. The Balaban J connectivity index is 1.56. The number of hydrogen-bond acceptors (Lipinski definition) is 4. The van der Waals surface area contributed by atoms with Crippen molar-refractivity contribution in [2.24, 2.45) is 0 Å². The van der Waals surface area contributed by atoms with Crippen LogP contribution in [0.25, 0.3) is 6.08 Å². The second-order valence-electron chi connectivity index (χ2n) is 7.08. The number of anilines is 3. The van der Waals surface area contributed by atoms with E-state index < -0.39 is 5.82 Å². The largest absolute Gasteiger partial charge is 0.305 e. The molecule has 0 spiro atoms. The van der Waals surface area contributed by atoms with E-state index >= 15 is 0 Å². The summed E-state index contributed by atoms with van der Waals surface area (Å²) in [5.41, 5.74) is 2.77. The fraction of sp³-hybridized carbons (Fsp3) is 0.174. The lowest BCUT2D eigenvalue weighted by Gasteiger charge is -2.20. The average molecular weight is 421 g/mol. The van der Waals surface area contributed by atoms with Gasteiger partial charge in [0.15, 0.2) is 5.13 Å². The lowest BCUT2D eigenvalue weighted by molar-refractivity contribution is -0.116. The van der Waals surface area contributed by atoms with Crippen molar-refractivity contribution in [3.05, 3.63) is 77.1 Å². The van der Waals surface area contributed by atoms with Crippen LogP contribution in [-0.2, 0) is 16.0 Å². The number of fused-ring (bicyclic) bond motifs is 1. The maximum Gasteiger partial charge on any atom is 0.251 e. The number of carbonyl (C=O) groups is 2. The number of thiazole rings is 1. The Labute approximate surface area is 178 Å². The van der Waals surface area contributed by atoms with Crippen molar-refractivity contribution in [1.82, 2.24) is 4.98 Å². The number of amides is 2. The molecule has 7 heteroatoms. The van der Waals surface area contributed by atoms with Gasteiger partial charge in [-0.2, -0.15) is 0 Å². The molecular formula is C23H20FN3O2S. The zero-order chi connectivity index (χ0) is 21.3. The van der Waals surface area contributed by atoms with Gasteiger partial charge in [-0.1, -0.05) is 30.3 Å². The van der Waals surface area contributed by atoms with Crippen LogP contribution in [0.3, 0.4) is 0 Å². The van der Waals surface area contributed by atoms with Crippen LogP contribution in [0.2, 0.25) is 0 Å². The molecule has 3 aromatic rings. The Morgan fingerprint density at radius 3 is 2.70 bits per heavy atom. The summed E-state index contributed by atoms with van der Waals surface area (Å²) in [4.78, 5) is 32.4. The van der Waals surface area contributed by atoms with Crippen molar-refractivity contribution in [3.63, 3.8) is 0 Å². The fourth-order valence-electron chi connectivity index (χ4n) is 3.63. The Bertz CT molecular complexity index is 1140. The van der Waals surface area contributed by atoms with Crippen molar-refractivity contribution in [2.45, 2.75) is 26.3 Å². The normalized spacial score (nSPS) is 15.4. The van der Waals surface area contributed by atoms with Crippen LogP contribution in [-0.4, -0.2) is 22.8 Å². The monoisotopic (exact) mass is 421 g/mol. The first-order valence-corrected chi connectivity index (χ1v) is 10.4. The summed E-state index contributed by atoms with van der Waals surface area (Å²) in [5.74, 6) is -0.972. The second-order valence-corrected chi connectivity index (χ2v) is 7.92. The highest BCUT2D eigenvalue weighted by Crippen LogP contribution is 2.33. The topological polar surface area (TPSA) is 53.5 Å². The van der Waals surface area contributed by atoms with Gasteiger partial charge in [0.25, 0.3) is 5.91 Å². The highest BCUT2D eigenvalue weighted by Gasteiger charge is 2.29. The van der Waals surface area contributed by atoms with Crippen LogP contribution in [0, 0.1) is 5.82 Å². The van der Waals surface area contributed by atoms with Crippen LogP contribution in [0.15, 0.2) is 60.0 Å². The highest BCUT2D eigenvalue weighted by atomic mass is 32.1. The molecule has 5 nitrogen and oxygen atoms in total. The molecule has 152 valence electrons. The van der Waals surface area contributed by atoms with Crippen LogP contribution in [0.1, 0.15) is 25.1 Å². The van der Waals surface area contributed by atoms with Crippen LogP contribution in [0.4, 0.5) is 20.9 Å². The molecule has 1 unspecified atom stereocenters. The van der Waals surface area contributed by atoms with Crippen molar-refractivity contribution in [1.29, 1.82) is 0 Å². The molecule has 30 heavy (non-hydrogen) atoms. The molecule has 0 fully saturated rings. The molecule has 0 N–H and O–H groups in total. The summed E-state index contributed by atoms with van der Waals surface area (Å²) >= 11 is 1.21. The molecular weight excluding hydrogens is 401 g/mol. The molecule has 1 aliphatic heterocycles. The highest BCUT2D eigenvalue weighted by molar-refractivity contribution is 7.14. The Hall–Kier alpha value is -3.32. The standard InChI is InChI=1S/C23H20FN3O2S/c1-15-13-17-7-3-5-9-20(17)26(15)22(29)12-11-18-14-30-23(25-18)27(16(2)28)21-10-6-4-8-19(21)24/h3-12,14-15H,13H2,1-2H3. The molecule has 2 heterocycles. The molecule has 0 saturated heterocycles. The van der Waals surface area contributed by atoms with Crippen LogP contribution >= 0.6 is 11.3 Å². The molecule has 1 atom stereocenters. The molecule has 4 rings (SSSR count). The molecule has 0 bridgehead atoms. The Morgan fingerprint density at radius 2 is 1.93 bits per heavy atom. The van der Waals surface area contributed by atoms with Gasteiger partial charge in [-0.3, -0.25) is 14.5 Å². The SMILES string of the molecule is CC(=O)N(c1nc(C=CC(=O)N2c3ccccc3CC2C)cs1)c1ccccc1F. The van der Waals surface area contributed by atoms with Gasteiger partial charge in [0.1, 0.15) is 5.82 Å². The van der Waals surface area contributed by atoms with Gasteiger partial charge in [-0.05, 0) is 43.2 Å². The number of hydrogen-bond donors (Lipinski definition) is 0. The zero-order valence-electron chi connectivity index (χ0n) is 16.6. The van der Waals surface area contributed by atoms with E-state index in [9.17, 15) is 14.0 Å².